The molecule has 1 aromatic heterocycles. The summed E-state index contributed by atoms with van der Waals surface area (Å²) in [5.41, 5.74) is 18.9. The van der Waals surface area contributed by atoms with Crippen LogP contribution in [0.5, 0.6) is 0 Å². The lowest BCUT2D eigenvalue weighted by Crippen LogP contribution is -2.11. The summed E-state index contributed by atoms with van der Waals surface area (Å²) in [4.78, 5) is 2.39. The maximum Gasteiger partial charge on any atom is 0.0681 e. The molecule has 0 fully saturated rings. The van der Waals surface area contributed by atoms with Gasteiger partial charge in [0.15, 0.2) is 0 Å². The summed E-state index contributed by atoms with van der Waals surface area (Å²) >= 11 is 0. The van der Waals surface area contributed by atoms with Crippen LogP contribution in [-0.4, -0.2) is 9.67 Å². The van der Waals surface area contributed by atoms with Crippen molar-refractivity contribution < 1.29 is 5.11 Å². The third kappa shape index (κ3) is 6.03. The van der Waals surface area contributed by atoms with Crippen LogP contribution >= 0.6 is 0 Å². The van der Waals surface area contributed by atoms with Crippen molar-refractivity contribution >= 4 is 38.9 Å². The smallest absolute Gasteiger partial charge is 0.0681 e. The zero-order chi connectivity index (χ0) is 39.3. The van der Waals surface area contributed by atoms with E-state index in [0.717, 1.165) is 44.9 Å². The highest BCUT2D eigenvalue weighted by atomic mass is 16.3. The second-order valence-corrected chi connectivity index (χ2v) is 15.4. The second-order valence-electron chi connectivity index (χ2n) is 15.4. The number of aliphatic hydroxyl groups excluding tert-OH is 1. The van der Waals surface area contributed by atoms with E-state index in [1.54, 1.807) is 0 Å². The molecule has 0 aliphatic heterocycles. The van der Waals surface area contributed by atoms with Gasteiger partial charge in [0, 0.05) is 39.4 Å². The molecular weight excluding hydrogens is 717 g/mol. The lowest BCUT2D eigenvalue weighted by atomic mass is 9.89. The SMILES string of the molecule is OCc1ccc(-n2c3ccccc3c3cc(-c4ccc(N(c5ccc(-c6ccccc6)cc5)c5ccc6c(c5)C(c5ccccc5)c5ccccc5-6)cc4)ccc32)cc1. The first-order valence-electron chi connectivity index (χ1n) is 20.3. The molecule has 0 amide bonds. The first-order valence-corrected chi connectivity index (χ1v) is 20.3. The van der Waals surface area contributed by atoms with E-state index in [-0.39, 0.29) is 12.5 Å². The summed E-state index contributed by atoms with van der Waals surface area (Å²) in [6.45, 7) is 0.0325. The largest absolute Gasteiger partial charge is 0.392 e. The molecule has 1 unspecified atom stereocenters. The van der Waals surface area contributed by atoms with E-state index in [4.69, 9.17) is 0 Å². The van der Waals surface area contributed by atoms with Gasteiger partial charge >= 0.3 is 0 Å². The molecule has 0 saturated carbocycles. The number of rotatable bonds is 8. The minimum atomic E-state index is 0.0325. The summed E-state index contributed by atoms with van der Waals surface area (Å²) in [5, 5.41) is 12.1. The normalized spacial score (nSPS) is 13.1. The van der Waals surface area contributed by atoms with Crippen LogP contribution in [0.15, 0.2) is 218 Å². The van der Waals surface area contributed by atoms with E-state index >= 15 is 0 Å². The van der Waals surface area contributed by atoms with Gasteiger partial charge in [-0.3, -0.25) is 0 Å². The minimum absolute atomic E-state index is 0.0325. The summed E-state index contributed by atoms with van der Waals surface area (Å²) in [7, 11) is 0. The van der Waals surface area contributed by atoms with Gasteiger partial charge in [0.05, 0.1) is 17.6 Å². The van der Waals surface area contributed by atoms with Gasteiger partial charge in [0.2, 0.25) is 0 Å². The van der Waals surface area contributed by atoms with Crippen molar-refractivity contribution in [3.8, 4) is 39.1 Å². The van der Waals surface area contributed by atoms with Gasteiger partial charge in [-0.25, -0.2) is 0 Å². The summed E-state index contributed by atoms with van der Waals surface area (Å²) in [6, 6.07) is 78.9. The summed E-state index contributed by atoms with van der Waals surface area (Å²) in [5.74, 6) is 0.160. The number of benzene rings is 9. The minimum Gasteiger partial charge on any atom is -0.392 e. The average Bonchev–Trinajstić information content (AvgIpc) is 3.82. The number of hydrogen-bond acceptors (Lipinski definition) is 2. The number of aromatic nitrogens is 1. The number of nitrogens with zero attached hydrogens (tertiary/aromatic N) is 2. The molecule has 1 N–H and O–H groups in total. The maximum atomic E-state index is 9.66. The van der Waals surface area contributed by atoms with E-state index in [9.17, 15) is 5.11 Å². The van der Waals surface area contributed by atoms with Crippen molar-refractivity contribution in [1.29, 1.82) is 0 Å². The molecule has 59 heavy (non-hydrogen) atoms. The number of fused-ring (bicyclic) bond motifs is 6. The van der Waals surface area contributed by atoms with Crippen molar-refractivity contribution in [1.82, 2.24) is 4.57 Å². The molecule has 0 bridgehead atoms. The van der Waals surface area contributed by atoms with Gasteiger partial charge in [-0.05, 0) is 122 Å². The molecule has 1 heterocycles. The highest BCUT2D eigenvalue weighted by Gasteiger charge is 2.30. The number of para-hydroxylation sites is 1. The fourth-order valence-corrected chi connectivity index (χ4v) is 9.20. The fourth-order valence-electron chi connectivity index (χ4n) is 9.20. The average molecular weight is 757 g/mol. The van der Waals surface area contributed by atoms with Crippen molar-refractivity contribution in [2.45, 2.75) is 12.5 Å². The third-order valence-corrected chi connectivity index (χ3v) is 12.0. The van der Waals surface area contributed by atoms with Crippen molar-refractivity contribution in [3.05, 3.63) is 241 Å². The molecule has 1 aliphatic carbocycles. The van der Waals surface area contributed by atoms with Gasteiger partial charge in [0.25, 0.3) is 0 Å². The van der Waals surface area contributed by atoms with Crippen LogP contribution in [0, 0.1) is 0 Å². The van der Waals surface area contributed by atoms with Crippen molar-refractivity contribution in [2.24, 2.45) is 0 Å². The van der Waals surface area contributed by atoms with E-state index in [1.807, 2.05) is 12.1 Å². The van der Waals surface area contributed by atoms with E-state index in [1.165, 1.54) is 55.3 Å². The Balaban J connectivity index is 1.01. The summed E-state index contributed by atoms with van der Waals surface area (Å²) < 4.78 is 2.32. The fraction of sp³-hybridized carbons (Fsp3) is 0.0357. The molecule has 10 aromatic rings. The Labute approximate surface area is 344 Å². The van der Waals surface area contributed by atoms with E-state index in [2.05, 4.69) is 216 Å². The van der Waals surface area contributed by atoms with Crippen molar-refractivity contribution in [3.63, 3.8) is 0 Å². The Hall–Kier alpha value is -7.46. The molecule has 1 aliphatic rings. The van der Waals surface area contributed by atoms with Crippen LogP contribution < -0.4 is 4.90 Å². The molecule has 280 valence electrons. The quantitative estimate of drug-likeness (QED) is 0.167. The molecular formula is C56H40N2O. The predicted molar refractivity (Wildman–Crippen MR) is 245 cm³/mol. The number of aliphatic hydroxyl groups is 1. The van der Waals surface area contributed by atoms with Crippen LogP contribution in [0.25, 0.3) is 60.9 Å². The molecule has 9 aromatic carbocycles. The van der Waals surface area contributed by atoms with Gasteiger partial charge in [-0.15, -0.1) is 0 Å². The lowest BCUT2D eigenvalue weighted by molar-refractivity contribution is 0.282. The first kappa shape index (κ1) is 34.8. The second kappa shape index (κ2) is 14.5. The van der Waals surface area contributed by atoms with Crippen LogP contribution in [-0.2, 0) is 6.61 Å². The van der Waals surface area contributed by atoms with Crippen LogP contribution in [0.3, 0.4) is 0 Å². The maximum absolute atomic E-state index is 9.66. The predicted octanol–water partition coefficient (Wildman–Crippen LogP) is 14.2. The Morgan fingerprint density at radius 1 is 0.407 bits per heavy atom. The Morgan fingerprint density at radius 2 is 0.966 bits per heavy atom. The molecule has 1 atom stereocenters. The van der Waals surface area contributed by atoms with Gasteiger partial charge in [-0.2, -0.15) is 0 Å². The Morgan fingerprint density at radius 3 is 1.69 bits per heavy atom. The number of anilines is 3. The highest BCUT2D eigenvalue weighted by Crippen LogP contribution is 2.50. The summed E-state index contributed by atoms with van der Waals surface area (Å²) in [6.07, 6.45) is 0. The molecule has 0 radical (unpaired) electrons. The first-order chi connectivity index (χ1) is 29.2. The van der Waals surface area contributed by atoms with Crippen molar-refractivity contribution in [2.75, 3.05) is 4.90 Å². The van der Waals surface area contributed by atoms with Crippen LogP contribution in [0.2, 0.25) is 0 Å². The number of hydrogen-bond donors (Lipinski definition) is 1. The third-order valence-electron chi connectivity index (χ3n) is 12.0. The standard InChI is InChI=1S/C56H40N2O/c59-37-38-19-26-46(27-20-38)58-54-18-10-9-16-50(54)52-35-43(25-34-55(52)58)41-23-30-45(31-24-41)57(44-28-21-40(22-29-44)39-11-3-1-4-12-39)47-32-33-49-48-15-7-8-17-51(48)56(53(49)36-47)42-13-5-2-6-14-42/h1-36,56,59H,37H2. The molecule has 3 nitrogen and oxygen atoms in total. The monoisotopic (exact) mass is 756 g/mol. The highest BCUT2D eigenvalue weighted by molar-refractivity contribution is 6.10. The zero-order valence-electron chi connectivity index (χ0n) is 32.4. The van der Waals surface area contributed by atoms with Gasteiger partial charge in [-0.1, -0.05) is 152 Å². The zero-order valence-corrected chi connectivity index (χ0v) is 32.4. The molecule has 3 heteroatoms. The molecule has 11 rings (SSSR count). The van der Waals surface area contributed by atoms with E-state index in [0.29, 0.717) is 0 Å². The van der Waals surface area contributed by atoms with Crippen LogP contribution in [0.4, 0.5) is 17.1 Å². The van der Waals surface area contributed by atoms with E-state index < -0.39 is 0 Å². The van der Waals surface area contributed by atoms with Gasteiger partial charge < -0.3 is 14.6 Å². The van der Waals surface area contributed by atoms with Crippen LogP contribution in [0.1, 0.15) is 28.2 Å². The Kier molecular flexibility index (Phi) is 8.53. The molecule has 0 saturated heterocycles. The lowest BCUT2D eigenvalue weighted by Gasteiger charge is -2.27. The topological polar surface area (TPSA) is 28.4 Å². The molecule has 0 spiro atoms. The van der Waals surface area contributed by atoms with Gasteiger partial charge in [0.1, 0.15) is 0 Å². The Bertz CT molecular complexity index is 3110.